The molecule has 0 amide bonds. The maximum Gasteiger partial charge on any atom is 0.116 e. The highest BCUT2D eigenvalue weighted by Crippen LogP contribution is 2.18. The van der Waals surface area contributed by atoms with Gasteiger partial charge in [0.1, 0.15) is 6.33 Å². The second-order valence-electron chi connectivity index (χ2n) is 3.02. The van der Waals surface area contributed by atoms with Gasteiger partial charge in [-0.3, -0.25) is 0 Å². The Kier molecular flexibility index (Phi) is 1.81. The van der Waals surface area contributed by atoms with Gasteiger partial charge in [0, 0.05) is 17.1 Å². The monoisotopic (exact) mass is 170 g/mol. The Labute approximate surface area is 77.0 Å². The van der Waals surface area contributed by atoms with E-state index < -0.39 is 0 Å². The summed E-state index contributed by atoms with van der Waals surface area (Å²) in [4.78, 5) is 8.19. The van der Waals surface area contributed by atoms with Crippen molar-refractivity contribution in [3.8, 4) is 0 Å². The van der Waals surface area contributed by atoms with Gasteiger partial charge in [-0.05, 0) is 24.6 Å². The first-order chi connectivity index (χ1) is 6.31. The lowest BCUT2D eigenvalue weighted by molar-refractivity contribution is 1.22. The maximum atomic E-state index is 4.21. The van der Waals surface area contributed by atoms with E-state index in [-0.39, 0.29) is 0 Å². The first kappa shape index (κ1) is 7.92. The summed E-state index contributed by atoms with van der Waals surface area (Å²) in [6.07, 6.45) is 5.20. The van der Waals surface area contributed by atoms with Crippen molar-refractivity contribution in [3.05, 3.63) is 42.4 Å². The lowest BCUT2D eigenvalue weighted by Crippen LogP contribution is -1.86. The second kappa shape index (κ2) is 2.98. The van der Waals surface area contributed by atoms with Crippen LogP contribution < -0.4 is 0 Å². The van der Waals surface area contributed by atoms with Crippen molar-refractivity contribution in [2.24, 2.45) is 0 Å². The van der Waals surface area contributed by atoms with E-state index in [2.05, 4.69) is 35.6 Å². The molecule has 0 saturated heterocycles. The van der Waals surface area contributed by atoms with Crippen molar-refractivity contribution in [1.82, 2.24) is 9.97 Å². The molecular weight excluding hydrogens is 160 g/mol. The molecule has 0 aliphatic rings. The number of benzene rings is 1. The Morgan fingerprint density at radius 1 is 1.38 bits per heavy atom. The minimum atomic E-state index is 0.968. The molecule has 2 aromatic rings. The molecule has 0 aliphatic heterocycles. The van der Waals surface area contributed by atoms with E-state index in [0.717, 1.165) is 16.5 Å². The third-order valence-electron chi connectivity index (χ3n) is 2.00. The zero-order valence-electron chi connectivity index (χ0n) is 7.49. The number of fused-ring (bicyclic) bond motifs is 1. The lowest BCUT2D eigenvalue weighted by Gasteiger charge is -2.01. The summed E-state index contributed by atoms with van der Waals surface area (Å²) in [5, 5.41) is 1.07. The summed E-state index contributed by atoms with van der Waals surface area (Å²) < 4.78 is 0. The molecule has 2 rings (SSSR count). The van der Waals surface area contributed by atoms with Crippen molar-refractivity contribution in [2.75, 3.05) is 0 Å². The minimum absolute atomic E-state index is 0.968. The van der Waals surface area contributed by atoms with Crippen LogP contribution in [-0.4, -0.2) is 9.97 Å². The number of hydrogen-bond donors (Lipinski definition) is 0. The van der Waals surface area contributed by atoms with Crippen LogP contribution >= 0.6 is 0 Å². The van der Waals surface area contributed by atoms with Crippen LogP contribution in [0, 0.1) is 6.92 Å². The minimum Gasteiger partial charge on any atom is -0.244 e. The Morgan fingerprint density at radius 3 is 3.00 bits per heavy atom. The van der Waals surface area contributed by atoms with E-state index in [1.165, 1.54) is 5.56 Å². The van der Waals surface area contributed by atoms with Gasteiger partial charge in [0.05, 0.1) is 5.52 Å². The lowest BCUT2D eigenvalue weighted by atomic mass is 10.1. The summed E-state index contributed by atoms with van der Waals surface area (Å²) in [6.45, 7) is 5.82. The molecule has 1 heterocycles. The molecule has 0 radical (unpaired) electrons. The normalized spacial score (nSPS) is 10.2. The molecule has 0 bridgehead atoms. The Hall–Kier alpha value is -1.70. The largest absolute Gasteiger partial charge is 0.244 e. The second-order valence-corrected chi connectivity index (χ2v) is 3.02. The predicted molar refractivity (Wildman–Crippen MR) is 54.4 cm³/mol. The summed E-state index contributed by atoms with van der Waals surface area (Å²) in [5.41, 5.74) is 3.24. The van der Waals surface area contributed by atoms with Crippen LogP contribution in [0.5, 0.6) is 0 Å². The smallest absolute Gasteiger partial charge is 0.116 e. The highest BCUT2D eigenvalue weighted by molar-refractivity contribution is 5.86. The van der Waals surface area contributed by atoms with Gasteiger partial charge < -0.3 is 0 Å². The van der Waals surface area contributed by atoms with Crippen LogP contribution in [0.3, 0.4) is 0 Å². The van der Waals surface area contributed by atoms with E-state index >= 15 is 0 Å². The molecule has 0 fully saturated rings. The van der Waals surface area contributed by atoms with Gasteiger partial charge in [0.2, 0.25) is 0 Å². The van der Waals surface area contributed by atoms with Gasteiger partial charge in [-0.25, -0.2) is 9.97 Å². The molecule has 2 nitrogen and oxygen atoms in total. The van der Waals surface area contributed by atoms with Crippen molar-refractivity contribution < 1.29 is 0 Å². The topological polar surface area (TPSA) is 25.8 Å². The molecule has 0 unspecified atom stereocenters. The highest BCUT2D eigenvalue weighted by atomic mass is 14.8. The molecule has 0 aliphatic carbocycles. The van der Waals surface area contributed by atoms with E-state index in [4.69, 9.17) is 0 Å². The van der Waals surface area contributed by atoms with Gasteiger partial charge in [-0.1, -0.05) is 12.7 Å². The summed E-state index contributed by atoms with van der Waals surface area (Å²) in [5.74, 6) is 0. The Balaban J connectivity index is 2.89. The van der Waals surface area contributed by atoms with E-state index in [1.807, 2.05) is 12.3 Å². The molecule has 0 spiro atoms. The van der Waals surface area contributed by atoms with Crippen LogP contribution in [0.25, 0.3) is 17.0 Å². The van der Waals surface area contributed by atoms with E-state index in [0.29, 0.717) is 0 Å². The molecule has 0 atom stereocenters. The van der Waals surface area contributed by atoms with Crippen LogP contribution in [0.4, 0.5) is 0 Å². The Morgan fingerprint density at radius 2 is 2.23 bits per heavy atom. The summed E-state index contributed by atoms with van der Waals surface area (Å²) in [6, 6.07) is 4.14. The number of nitrogens with zero attached hydrogens (tertiary/aromatic N) is 2. The van der Waals surface area contributed by atoms with Gasteiger partial charge in [0.15, 0.2) is 0 Å². The van der Waals surface area contributed by atoms with Crippen molar-refractivity contribution >= 4 is 17.0 Å². The summed E-state index contributed by atoms with van der Waals surface area (Å²) in [7, 11) is 0. The quantitative estimate of drug-likeness (QED) is 0.657. The van der Waals surface area contributed by atoms with Crippen molar-refractivity contribution in [3.63, 3.8) is 0 Å². The summed E-state index contributed by atoms with van der Waals surface area (Å²) >= 11 is 0. The third-order valence-corrected chi connectivity index (χ3v) is 2.00. The number of hydrogen-bond acceptors (Lipinski definition) is 2. The van der Waals surface area contributed by atoms with Gasteiger partial charge >= 0.3 is 0 Å². The van der Waals surface area contributed by atoms with Crippen molar-refractivity contribution in [1.29, 1.82) is 0 Å². The van der Waals surface area contributed by atoms with Gasteiger partial charge in [-0.2, -0.15) is 0 Å². The molecule has 0 saturated carbocycles. The van der Waals surface area contributed by atoms with Gasteiger partial charge in [0.25, 0.3) is 0 Å². The van der Waals surface area contributed by atoms with E-state index in [9.17, 15) is 0 Å². The van der Waals surface area contributed by atoms with Crippen LogP contribution in [0.15, 0.2) is 31.2 Å². The molecule has 0 N–H and O–H groups in total. The fourth-order valence-electron chi connectivity index (χ4n) is 1.44. The third kappa shape index (κ3) is 1.31. The fraction of sp³-hybridized carbons (Fsp3) is 0.0909. The number of aryl methyl sites for hydroxylation is 1. The maximum absolute atomic E-state index is 4.21. The van der Waals surface area contributed by atoms with Crippen LogP contribution in [0.1, 0.15) is 11.1 Å². The van der Waals surface area contributed by atoms with Crippen LogP contribution in [-0.2, 0) is 0 Å². The average molecular weight is 170 g/mol. The number of aromatic nitrogens is 2. The zero-order chi connectivity index (χ0) is 9.26. The molecule has 13 heavy (non-hydrogen) atoms. The Bertz CT molecular complexity index is 461. The molecule has 2 heteroatoms. The molecule has 1 aromatic heterocycles. The molecule has 1 aromatic carbocycles. The molecular formula is C11H10N2. The van der Waals surface area contributed by atoms with E-state index in [1.54, 1.807) is 6.33 Å². The average Bonchev–Trinajstić information content (AvgIpc) is 2.16. The first-order valence-electron chi connectivity index (χ1n) is 4.14. The highest BCUT2D eigenvalue weighted by Gasteiger charge is 1.99. The number of rotatable bonds is 1. The van der Waals surface area contributed by atoms with Crippen molar-refractivity contribution in [2.45, 2.75) is 6.92 Å². The first-order valence-corrected chi connectivity index (χ1v) is 4.14. The molecule has 64 valence electrons. The van der Waals surface area contributed by atoms with Crippen LogP contribution in [0.2, 0.25) is 0 Å². The predicted octanol–water partition coefficient (Wildman–Crippen LogP) is 2.58. The zero-order valence-corrected chi connectivity index (χ0v) is 7.49. The standard InChI is InChI=1S/C11H10N2/c1-3-9-4-8(2)5-10-6-12-7-13-11(9)10/h3-7H,1H2,2H3. The van der Waals surface area contributed by atoms with Gasteiger partial charge in [-0.15, -0.1) is 0 Å². The SMILES string of the molecule is C=Cc1cc(C)cc2cncnc12. The fourth-order valence-corrected chi connectivity index (χ4v) is 1.44.